The van der Waals surface area contributed by atoms with Gasteiger partial charge < -0.3 is 0 Å². The highest BCUT2D eigenvalue weighted by atomic mass is 32.2. The number of hydrogen-bond acceptors (Lipinski definition) is 5. The summed E-state index contributed by atoms with van der Waals surface area (Å²) in [6.45, 7) is 1.98. The maximum absolute atomic E-state index is 8.62. The Morgan fingerprint density at radius 1 is 1.53 bits per heavy atom. The molecule has 2 aromatic rings. The zero-order valence-corrected chi connectivity index (χ0v) is 12.2. The number of aliphatic imine (C=N–C) groups is 1. The minimum absolute atomic E-state index is 0.579. The Morgan fingerprint density at radius 2 is 2.37 bits per heavy atom. The molecule has 1 aromatic heterocycles. The Bertz CT molecular complexity index is 640. The van der Waals surface area contributed by atoms with Gasteiger partial charge in [-0.3, -0.25) is 5.32 Å². The van der Waals surface area contributed by atoms with E-state index in [2.05, 4.69) is 15.3 Å². The molecule has 0 aliphatic heterocycles. The molecule has 0 fully saturated rings. The van der Waals surface area contributed by atoms with Gasteiger partial charge in [-0.05, 0) is 25.3 Å². The van der Waals surface area contributed by atoms with E-state index in [1.54, 1.807) is 11.3 Å². The van der Waals surface area contributed by atoms with Crippen LogP contribution in [0.25, 0.3) is 10.6 Å². The molecule has 1 aromatic carbocycles. The van der Waals surface area contributed by atoms with Gasteiger partial charge in [0.05, 0.1) is 5.69 Å². The molecule has 0 unspecified atom stereocenters. The van der Waals surface area contributed by atoms with Crippen LogP contribution >= 0.6 is 23.1 Å². The summed E-state index contributed by atoms with van der Waals surface area (Å²) in [7, 11) is 0. The number of aryl methyl sites for hydroxylation is 1. The molecule has 0 spiro atoms. The number of thiazole rings is 1. The summed E-state index contributed by atoms with van der Waals surface area (Å²) < 4.78 is 0. The zero-order chi connectivity index (χ0) is 13.7. The van der Waals surface area contributed by atoms with Gasteiger partial charge in [-0.25, -0.2) is 9.98 Å². The van der Waals surface area contributed by atoms with Crippen molar-refractivity contribution in [2.75, 3.05) is 6.26 Å². The molecule has 6 heteroatoms. The van der Waals surface area contributed by atoms with Crippen molar-refractivity contribution in [3.8, 4) is 16.8 Å². The molecule has 19 heavy (non-hydrogen) atoms. The fourth-order valence-corrected chi connectivity index (χ4v) is 2.62. The number of aromatic nitrogens is 1. The van der Waals surface area contributed by atoms with Gasteiger partial charge in [-0.1, -0.05) is 23.9 Å². The van der Waals surface area contributed by atoms with Crippen LogP contribution in [0.1, 0.15) is 5.69 Å². The van der Waals surface area contributed by atoms with Gasteiger partial charge in [0.15, 0.2) is 11.4 Å². The number of nitrogens with one attached hydrogen (secondary N) is 1. The van der Waals surface area contributed by atoms with Gasteiger partial charge in [0.1, 0.15) is 5.01 Å². The standard InChI is InChI=1S/C13H12N4S2/c1-9-7-19-12(16-9)10-4-3-5-11(6-10)17-13(18-2)15-8-14/h3-7H,1-2H3,(H,15,17). The van der Waals surface area contributed by atoms with Crippen molar-refractivity contribution >= 4 is 34.0 Å². The predicted molar refractivity (Wildman–Crippen MR) is 81.6 cm³/mol. The molecule has 0 radical (unpaired) electrons. The molecule has 4 nitrogen and oxygen atoms in total. The van der Waals surface area contributed by atoms with Crippen LogP contribution in [0.3, 0.4) is 0 Å². The maximum atomic E-state index is 8.62. The van der Waals surface area contributed by atoms with E-state index >= 15 is 0 Å². The Labute approximate surface area is 120 Å². The molecule has 1 heterocycles. The first-order valence-corrected chi connectivity index (χ1v) is 7.63. The molecule has 0 amide bonds. The monoisotopic (exact) mass is 288 g/mol. The van der Waals surface area contributed by atoms with Crippen LogP contribution < -0.4 is 5.32 Å². The average Bonchev–Trinajstić information content (AvgIpc) is 2.85. The molecule has 0 saturated carbocycles. The van der Waals surface area contributed by atoms with Gasteiger partial charge in [-0.15, -0.1) is 11.3 Å². The second-order valence-corrected chi connectivity index (χ2v) is 5.36. The Hall–Kier alpha value is -1.84. The highest BCUT2D eigenvalue weighted by molar-refractivity contribution is 8.13. The average molecular weight is 288 g/mol. The lowest BCUT2D eigenvalue weighted by molar-refractivity contribution is 1.26. The molecular weight excluding hydrogens is 276 g/mol. The van der Waals surface area contributed by atoms with E-state index in [0.717, 1.165) is 22.0 Å². The lowest BCUT2D eigenvalue weighted by Crippen LogP contribution is -2.12. The van der Waals surface area contributed by atoms with E-state index in [1.807, 2.05) is 49.0 Å². The molecule has 96 valence electrons. The van der Waals surface area contributed by atoms with Gasteiger partial charge in [-0.2, -0.15) is 5.26 Å². The second kappa shape index (κ2) is 6.36. The number of thioether (sulfide) groups is 1. The molecule has 0 atom stereocenters. The second-order valence-electron chi connectivity index (χ2n) is 3.70. The van der Waals surface area contributed by atoms with E-state index in [1.165, 1.54) is 11.8 Å². The highest BCUT2D eigenvalue weighted by Gasteiger charge is 2.04. The third-order valence-electron chi connectivity index (χ3n) is 2.30. The molecule has 0 saturated heterocycles. The summed E-state index contributed by atoms with van der Waals surface area (Å²) in [6.07, 6.45) is 3.75. The SMILES string of the molecule is CSC(=Nc1cccc(-c2nc(C)cs2)c1)NC#N. The van der Waals surface area contributed by atoms with Gasteiger partial charge in [0.25, 0.3) is 0 Å². The summed E-state index contributed by atoms with van der Waals surface area (Å²) in [5, 5.41) is 14.7. The molecule has 2 rings (SSSR count). The number of amidine groups is 1. The first-order valence-electron chi connectivity index (χ1n) is 5.53. The van der Waals surface area contributed by atoms with Crippen molar-refractivity contribution in [2.24, 2.45) is 4.99 Å². The molecular formula is C13H12N4S2. The number of nitriles is 1. The first-order chi connectivity index (χ1) is 9.22. The maximum Gasteiger partial charge on any atom is 0.183 e. The van der Waals surface area contributed by atoms with Crippen LogP contribution in [0.5, 0.6) is 0 Å². The van der Waals surface area contributed by atoms with Crippen molar-refractivity contribution in [1.82, 2.24) is 10.3 Å². The predicted octanol–water partition coefficient (Wildman–Crippen LogP) is 3.54. The van der Waals surface area contributed by atoms with Crippen LogP contribution in [0.2, 0.25) is 0 Å². The van der Waals surface area contributed by atoms with Gasteiger partial charge in [0, 0.05) is 16.6 Å². The number of hydrogen-bond donors (Lipinski definition) is 1. The molecule has 0 bridgehead atoms. The van der Waals surface area contributed by atoms with Crippen molar-refractivity contribution in [3.05, 3.63) is 35.3 Å². The fraction of sp³-hybridized carbons (Fsp3) is 0.154. The van der Waals surface area contributed by atoms with Gasteiger partial charge in [0.2, 0.25) is 0 Å². The summed E-state index contributed by atoms with van der Waals surface area (Å²) in [5.74, 6) is 0. The smallest absolute Gasteiger partial charge is 0.183 e. The number of benzene rings is 1. The van der Waals surface area contributed by atoms with E-state index in [-0.39, 0.29) is 0 Å². The van der Waals surface area contributed by atoms with E-state index in [9.17, 15) is 0 Å². The van der Waals surface area contributed by atoms with Crippen LogP contribution in [-0.2, 0) is 0 Å². The normalized spacial score (nSPS) is 11.1. The van der Waals surface area contributed by atoms with Crippen molar-refractivity contribution in [1.29, 1.82) is 5.26 Å². The van der Waals surface area contributed by atoms with Crippen molar-refractivity contribution in [2.45, 2.75) is 6.92 Å². The van der Waals surface area contributed by atoms with Crippen molar-refractivity contribution in [3.63, 3.8) is 0 Å². The van der Waals surface area contributed by atoms with Crippen LogP contribution in [0.15, 0.2) is 34.6 Å². The number of nitrogens with zero attached hydrogens (tertiary/aromatic N) is 3. The third-order valence-corrected chi connectivity index (χ3v) is 3.89. The Kier molecular flexibility index (Phi) is 4.55. The van der Waals surface area contributed by atoms with Crippen LogP contribution in [-0.4, -0.2) is 16.4 Å². The minimum Gasteiger partial charge on any atom is -0.271 e. The largest absolute Gasteiger partial charge is 0.271 e. The summed E-state index contributed by atoms with van der Waals surface area (Å²) in [4.78, 5) is 8.84. The summed E-state index contributed by atoms with van der Waals surface area (Å²) in [6, 6.07) is 7.82. The molecule has 1 N–H and O–H groups in total. The zero-order valence-electron chi connectivity index (χ0n) is 10.5. The molecule has 0 aliphatic carbocycles. The highest BCUT2D eigenvalue weighted by Crippen LogP contribution is 2.27. The third kappa shape index (κ3) is 3.56. The lowest BCUT2D eigenvalue weighted by Gasteiger charge is -2.01. The number of rotatable bonds is 2. The van der Waals surface area contributed by atoms with E-state index in [0.29, 0.717) is 5.17 Å². The Balaban J connectivity index is 2.32. The minimum atomic E-state index is 0.579. The van der Waals surface area contributed by atoms with Crippen molar-refractivity contribution < 1.29 is 0 Å². The lowest BCUT2D eigenvalue weighted by atomic mass is 10.2. The summed E-state index contributed by atoms with van der Waals surface area (Å²) >= 11 is 3.01. The fourth-order valence-electron chi connectivity index (χ4n) is 1.48. The van der Waals surface area contributed by atoms with E-state index < -0.39 is 0 Å². The van der Waals surface area contributed by atoms with E-state index in [4.69, 9.17) is 5.26 Å². The molecule has 0 aliphatic rings. The topological polar surface area (TPSA) is 61.1 Å². The van der Waals surface area contributed by atoms with Crippen LogP contribution in [0.4, 0.5) is 5.69 Å². The van der Waals surface area contributed by atoms with Crippen LogP contribution in [0, 0.1) is 18.4 Å². The summed E-state index contributed by atoms with van der Waals surface area (Å²) in [5.41, 5.74) is 2.86. The van der Waals surface area contributed by atoms with Gasteiger partial charge >= 0.3 is 0 Å². The Morgan fingerprint density at radius 3 is 3.00 bits per heavy atom. The quantitative estimate of drug-likeness (QED) is 0.397. The first kappa shape index (κ1) is 13.6.